The fourth-order valence-corrected chi connectivity index (χ4v) is 4.76. The molecule has 0 aromatic heterocycles. The molecular formula is C18H26N2O4S. The van der Waals surface area contributed by atoms with Gasteiger partial charge in [-0.05, 0) is 62.8 Å². The number of hydrogen-bond acceptors (Lipinski definition) is 4. The summed E-state index contributed by atoms with van der Waals surface area (Å²) in [6.07, 6.45) is 3.28. The van der Waals surface area contributed by atoms with Crippen LogP contribution in [0.2, 0.25) is 0 Å². The van der Waals surface area contributed by atoms with Gasteiger partial charge >= 0.3 is 0 Å². The molecular weight excluding hydrogens is 340 g/mol. The summed E-state index contributed by atoms with van der Waals surface area (Å²) in [6.45, 7) is 5.04. The van der Waals surface area contributed by atoms with Crippen molar-refractivity contribution in [2.75, 3.05) is 20.2 Å². The Labute approximate surface area is 149 Å². The normalized spacial score (nSPS) is 19.1. The van der Waals surface area contributed by atoms with Crippen LogP contribution in [0.3, 0.4) is 0 Å². The van der Waals surface area contributed by atoms with Crippen LogP contribution in [-0.4, -0.2) is 45.5 Å². The number of carbonyl (C=O) groups excluding carboxylic acids is 1. The molecule has 1 saturated carbocycles. The van der Waals surface area contributed by atoms with Crippen LogP contribution in [0.5, 0.6) is 5.75 Å². The molecule has 1 heterocycles. The van der Waals surface area contributed by atoms with Crippen LogP contribution in [0.15, 0.2) is 17.0 Å². The highest BCUT2D eigenvalue weighted by atomic mass is 32.2. The molecule has 0 unspecified atom stereocenters. The smallest absolute Gasteiger partial charge is 0.244 e. The SMILES string of the molecule is COc1cc(C)c(C)cc1S(=O)(=O)NC1CCN(C(=O)C2CC2)CC1. The number of nitrogens with zero attached hydrogens (tertiary/aromatic N) is 1. The average molecular weight is 366 g/mol. The third-order valence-electron chi connectivity index (χ3n) is 5.12. The molecule has 1 aliphatic carbocycles. The lowest BCUT2D eigenvalue weighted by Gasteiger charge is -2.32. The number of likely N-dealkylation sites (tertiary alicyclic amines) is 1. The fraction of sp³-hybridized carbons (Fsp3) is 0.611. The number of amides is 1. The quantitative estimate of drug-likeness (QED) is 0.865. The highest BCUT2D eigenvalue weighted by Gasteiger charge is 2.35. The van der Waals surface area contributed by atoms with Gasteiger partial charge in [-0.25, -0.2) is 13.1 Å². The number of sulfonamides is 1. The lowest BCUT2D eigenvalue weighted by Crippen LogP contribution is -2.46. The summed E-state index contributed by atoms with van der Waals surface area (Å²) in [7, 11) is -2.18. The number of ether oxygens (including phenoxy) is 1. The maximum atomic E-state index is 12.8. The van der Waals surface area contributed by atoms with E-state index >= 15 is 0 Å². The standard InChI is InChI=1S/C18H26N2O4S/c1-12-10-16(24-3)17(11-13(12)2)25(22,23)19-15-6-8-20(9-7-15)18(21)14-4-5-14/h10-11,14-15,19H,4-9H2,1-3H3. The Morgan fingerprint density at radius 1 is 1.12 bits per heavy atom. The van der Waals surface area contributed by atoms with E-state index in [0.29, 0.717) is 31.7 Å². The largest absolute Gasteiger partial charge is 0.495 e. The van der Waals surface area contributed by atoms with E-state index in [2.05, 4.69) is 4.72 Å². The number of methoxy groups -OCH3 is 1. The summed E-state index contributed by atoms with van der Waals surface area (Å²) in [4.78, 5) is 14.1. The van der Waals surface area contributed by atoms with Gasteiger partial charge in [-0.15, -0.1) is 0 Å². The first-order chi connectivity index (χ1) is 11.8. The molecule has 7 heteroatoms. The molecule has 0 radical (unpaired) electrons. The molecule has 0 atom stereocenters. The van der Waals surface area contributed by atoms with E-state index in [9.17, 15) is 13.2 Å². The second-order valence-electron chi connectivity index (χ2n) is 7.08. The number of benzene rings is 1. The summed E-state index contributed by atoms with van der Waals surface area (Å²) in [5, 5.41) is 0. The van der Waals surface area contributed by atoms with Gasteiger partial charge in [0.05, 0.1) is 7.11 Å². The number of nitrogens with one attached hydrogen (secondary N) is 1. The van der Waals surface area contributed by atoms with Crippen molar-refractivity contribution in [2.45, 2.75) is 50.5 Å². The zero-order valence-electron chi connectivity index (χ0n) is 15.0. The Bertz CT molecular complexity index is 764. The van der Waals surface area contributed by atoms with Gasteiger partial charge in [-0.3, -0.25) is 4.79 Å². The third kappa shape index (κ3) is 3.98. The van der Waals surface area contributed by atoms with Crippen molar-refractivity contribution in [1.29, 1.82) is 0 Å². The average Bonchev–Trinajstić information content (AvgIpc) is 3.41. The van der Waals surface area contributed by atoms with Crippen molar-refractivity contribution < 1.29 is 17.9 Å². The monoisotopic (exact) mass is 366 g/mol. The van der Waals surface area contributed by atoms with Crippen molar-refractivity contribution in [3.8, 4) is 5.75 Å². The first kappa shape index (κ1) is 18.2. The summed E-state index contributed by atoms with van der Waals surface area (Å²) >= 11 is 0. The fourth-order valence-electron chi connectivity index (χ4n) is 3.22. The molecule has 138 valence electrons. The number of rotatable bonds is 5. The molecule has 25 heavy (non-hydrogen) atoms. The van der Waals surface area contributed by atoms with Gasteiger partial charge in [0.1, 0.15) is 10.6 Å². The predicted octanol–water partition coefficient (Wildman–Crippen LogP) is 1.99. The molecule has 1 aromatic rings. The minimum atomic E-state index is -3.66. The van der Waals surface area contributed by atoms with E-state index in [-0.39, 0.29) is 22.8 Å². The summed E-state index contributed by atoms with van der Waals surface area (Å²) in [5.41, 5.74) is 1.90. The second-order valence-corrected chi connectivity index (χ2v) is 8.76. The summed E-state index contributed by atoms with van der Waals surface area (Å²) in [5.74, 6) is 0.808. The molecule has 0 bridgehead atoms. The Morgan fingerprint density at radius 3 is 2.28 bits per heavy atom. The zero-order chi connectivity index (χ0) is 18.2. The maximum absolute atomic E-state index is 12.8. The maximum Gasteiger partial charge on any atom is 0.244 e. The lowest BCUT2D eigenvalue weighted by molar-refractivity contribution is -0.133. The van der Waals surface area contributed by atoms with Gasteiger partial charge < -0.3 is 9.64 Å². The second kappa shape index (κ2) is 6.96. The van der Waals surface area contributed by atoms with Crippen molar-refractivity contribution in [2.24, 2.45) is 5.92 Å². The molecule has 2 fully saturated rings. The summed E-state index contributed by atoms with van der Waals surface area (Å²) in [6, 6.07) is 3.25. The van der Waals surface area contributed by atoms with Crippen LogP contribution in [0.1, 0.15) is 36.8 Å². The Balaban J connectivity index is 1.68. The van der Waals surface area contributed by atoms with Gasteiger partial charge in [0.15, 0.2) is 0 Å². The zero-order valence-corrected chi connectivity index (χ0v) is 15.9. The number of piperidine rings is 1. The van der Waals surface area contributed by atoms with E-state index in [4.69, 9.17) is 4.74 Å². The van der Waals surface area contributed by atoms with Crippen LogP contribution in [0.25, 0.3) is 0 Å². The van der Waals surface area contributed by atoms with Gasteiger partial charge in [0.2, 0.25) is 15.9 Å². The molecule has 1 saturated heterocycles. The number of hydrogen-bond donors (Lipinski definition) is 1. The van der Waals surface area contributed by atoms with Crippen molar-refractivity contribution in [3.05, 3.63) is 23.3 Å². The molecule has 1 N–H and O–H groups in total. The van der Waals surface area contributed by atoms with Crippen LogP contribution >= 0.6 is 0 Å². The molecule has 6 nitrogen and oxygen atoms in total. The molecule has 1 amide bonds. The first-order valence-corrected chi connectivity index (χ1v) is 10.3. The predicted molar refractivity (Wildman–Crippen MR) is 95.1 cm³/mol. The Hall–Kier alpha value is -1.60. The van der Waals surface area contributed by atoms with Gasteiger partial charge in [-0.2, -0.15) is 0 Å². The summed E-state index contributed by atoms with van der Waals surface area (Å²) < 4.78 is 33.7. The number of carbonyl (C=O) groups is 1. The third-order valence-corrected chi connectivity index (χ3v) is 6.67. The van der Waals surface area contributed by atoms with Crippen LogP contribution in [0.4, 0.5) is 0 Å². The molecule has 1 aromatic carbocycles. The number of aryl methyl sites for hydroxylation is 2. The lowest BCUT2D eigenvalue weighted by atomic mass is 10.1. The van der Waals surface area contributed by atoms with E-state index < -0.39 is 10.0 Å². The van der Waals surface area contributed by atoms with Crippen molar-refractivity contribution in [1.82, 2.24) is 9.62 Å². The first-order valence-electron chi connectivity index (χ1n) is 8.78. The molecule has 2 aliphatic rings. The van der Waals surface area contributed by atoms with Gasteiger partial charge in [0, 0.05) is 25.0 Å². The minimum Gasteiger partial charge on any atom is -0.495 e. The molecule has 3 rings (SSSR count). The van der Waals surface area contributed by atoms with Crippen molar-refractivity contribution in [3.63, 3.8) is 0 Å². The minimum absolute atomic E-state index is 0.153. The van der Waals surface area contributed by atoms with Gasteiger partial charge in [-0.1, -0.05) is 0 Å². The van der Waals surface area contributed by atoms with Crippen molar-refractivity contribution >= 4 is 15.9 Å². The van der Waals surface area contributed by atoms with Crippen LogP contribution in [0, 0.1) is 19.8 Å². The highest BCUT2D eigenvalue weighted by molar-refractivity contribution is 7.89. The van der Waals surface area contributed by atoms with E-state index in [1.807, 2.05) is 18.7 Å². The Morgan fingerprint density at radius 2 is 1.72 bits per heavy atom. The van der Waals surface area contributed by atoms with E-state index in [1.165, 1.54) is 7.11 Å². The molecule has 1 aliphatic heterocycles. The van der Waals surface area contributed by atoms with Crippen LogP contribution < -0.4 is 9.46 Å². The van der Waals surface area contributed by atoms with E-state index in [0.717, 1.165) is 24.0 Å². The highest BCUT2D eigenvalue weighted by Crippen LogP contribution is 2.32. The van der Waals surface area contributed by atoms with Crippen LogP contribution in [-0.2, 0) is 14.8 Å². The molecule has 0 spiro atoms. The topological polar surface area (TPSA) is 75.7 Å². The Kier molecular flexibility index (Phi) is 5.06. The van der Waals surface area contributed by atoms with E-state index in [1.54, 1.807) is 12.1 Å². The van der Waals surface area contributed by atoms with Gasteiger partial charge in [0.25, 0.3) is 0 Å².